The van der Waals surface area contributed by atoms with Gasteiger partial charge in [-0.25, -0.2) is 4.79 Å². The van der Waals surface area contributed by atoms with E-state index in [4.69, 9.17) is 4.74 Å². The Labute approximate surface area is 130 Å². The average molecular weight is 296 g/mol. The Hall–Kier alpha value is -2.33. The van der Waals surface area contributed by atoms with Crippen molar-refractivity contribution in [2.24, 2.45) is 0 Å². The maximum absolute atomic E-state index is 12.3. The molecule has 1 saturated heterocycles. The molecule has 0 unspecified atom stereocenters. The molecule has 114 valence electrons. The van der Waals surface area contributed by atoms with Gasteiger partial charge in [-0.15, -0.1) is 0 Å². The van der Waals surface area contributed by atoms with E-state index in [1.807, 2.05) is 53.4 Å². The number of urea groups is 1. The first-order valence-electron chi connectivity index (χ1n) is 7.58. The van der Waals surface area contributed by atoms with E-state index >= 15 is 0 Å². The van der Waals surface area contributed by atoms with Crippen LogP contribution in [-0.2, 0) is 11.2 Å². The third-order valence-corrected chi connectivity index (χ3v) is 3.76. The van der Waals surface area contributed by atoms with Gasteiger partial charge in [0.05, 0.1) is 12.7 Å². The number of carbonyl (C=O) groups excluding carboxylic acids is 1. The summed E-state index contributed by atoms with van der Waals surface area (Å²) >= 11 is 0. The Morgan fingerprint density at radius 1 is 1.09 bits per heavy atom. The summed E-state index contributed by atoms with van der Waals surface area (Å²) in [6.07, 6.45) is 0.883. The molecule has 4 heteroatoms. The maximum Gasteiger partial charge on any atom is 0.322 e. The first-order valence-corrected chi connectivity index (χ1v) is 7.58. The number of para-hydroxylation sites is 1. The van der Waals surface area contributed by atoms with Gasteiger partial charge in [-0.05, 0) is 17.7 Å². The summed E-state index contributed by atoms with van der Waals surface area (Å²) in [6.45, 7) is 1.83. The third kappa shape index (κ3) is 3.86. The van der Waals surface area contributed by atoms with Crippen LogP contribution >= 0.6 is 0 Å². The molecule has 22 heavy (non-hydrogen) atoms. The molecule has 0 saturated carbocycles. The first kappa shape index (κ1) is 14.6. The normalized spacial score (nSPS) is 18.0. The molecule has 0 bridgehead atoms. The molecule has 2 aromatic carbocycles. The minimum absolute atomic E-state index is 0.0534. The highest BCUT2D eigenvalue weighted by Gasteiger charge is 2.24. The minimum atomic E-state index is -0.0624. The van der Waals surface area contributed by atoms with E-state index in [0.717, 1.165) is 12.1 Å². The second kappa shape index (κ2) is 7.09. The highest BCUT2D eigenvalue weighted by atomic mass is 16.5. The smallest absolute Gasteiger partial charge is 0.322 e. The number of nitrogens with zero attached hydrogens (tertiary/aromatic N) is 1. The predicted octanol–water partition coefficient (Wildman–Crippen LogP) is 3.16. The van der Waals surface area contributed by atoms with Crippen LogP contribution in [0, 0.1) is 0 Å². The molecule has 2 amide bonds. The van der Waals surface area contributed by atoms with Gasteiger partial charge >= 0.3 is 6.03 Å². The van der Waals surface area contributed by atoms with E-state index in [2.05, 4.69) is 17.4 Å². The minimum Gasteiger partial charge on any atom is -0.374 e. The molecular weight excluding hydrogens is 276 g/mol. The number of morpholine rings is 1. The summed E-state index contributed by atoms with van der Waals surface area (Å²) in [5, 5.41) is 2.93. The predicted molar refractivity (Wildman–Crippen MR) is 86.9 cm³/mol. The lowest BCUT2D eigenvalue weighted by Crippen LogP contribution is -2.48. The molecule has 4 nitrogen and oxygen atoms in total. The average Bonchev–Trinajstić information content (AvgIpc) is 2.57. The summed E-state index contributed by atoms with van der Waals surface area (Å²) in [5.41, 5.74) is 2.05. The largest absolute Gasteiger partial charge is 0.374 e. The molecule has 1 N–H and O–H groups in total. The van der Waals surface area contributed by atoms with E-state index in [9.17, 15) is 4.79 Å². The van der Waals surface area contributed by atoms with Gasteiger partial charge in [0.25, 0.3) is 0 Å². The fraction of sp³-hybridized carbons (Fsp3) is 0.278. The zero-order chi connectivity index (χ0) is 15.2. The van der Waals surface area contributed by atoms with Crippen molar-refractivity contribution in [1.29, 1.82) is 0 Å². The second-order valence-electron chi connectivity index (χ2n) is 5.42. The molecule has 0 aliphatic carbocycles. The van der Waals surface area contributed by atoms with Crippen molar-refractivity contribution in [2.75, 3.05) is 25.0 Å². The Bertz CT molecular complexity index is 601. The highest BCUT2D eigenvalue weighted by Crippen LogP contribution is 2.13. The van der Waals surface area contributed by atoms with Gasteiger partial charge in [0.1, 0.15) is 0 Å². The fourth-order valence-corrected chi connectivity index (χ4v) is 2.63. The van der Waals surface area contributed by atoms with E-state index in [1.54, 1.807) is 0 Å². The van der Waals surface area contributed by atoms with Gasteiger partial charge in [0, 0.05) is 25.2 Å². The Kier molecular flexibility index (Phi) is 4.71. The molecule has 0 spiro atoms. The van der Waals surface area contributed by atoms with Crippen molar-refractivity contribution in [3.63, 3.8) is 0 Å². The van der Waals surface area contributed by atoms with Crippen LogP contribution in [0.25, 0.3) is 0 Å². The van der Waals surface area contributed by atoms with Gasteiger partial charge in [-0.1, -0.05) is 48.5 Å². The first-order chi connectivity index (χ1) is 10.8. The van der Waals surface area contributed by atoms with Crippen LogP contribution in [0.2, 0.25) is 0 Å². The van der Waals surface area contributed by atoms with Gasteiger partial charge in [0.15, 0.2) is 0 Å². The fourth-order valence-electron chi connectivity index (χ4n) is 2.63. The second-order valence-corrected chi connectivity index (χ2v) is 5.42. The lowest BCUT2D eigenvalue weighted by atomic mass is 10.1. The number of benzene rings is 2. The van der Waals surface area contributed by atoms with Crippen molar-refractivity contribution >= 4 is 11.7 Å². The maximum atomic E-state index is 12.3. The van der Waals surface area contributed by atoms with Crippen molar-refractivity contribution in [1.82, 2.24) is 4.90 Å². The van der Waals surface area contributed by atoms with Gasteiger partial charge < -0.3 is 15.0 Å². The number of ether oxygens (including phenoxy) is 1. The number of amides is 2. The van der Waals surface area contributed by atoms with E-state index in [0.29, 0.717) is 19.7 Å². The molecule has 1 atom stereocenters. The topological polar surface area (TPSA) is 41.6 Å². The molecule has 1 heterocycles. The number of carbonyl (C=O) groups is 1. The van der Waals surface area contributed by atoms with Crippen molar-refractivity contribution in [3.8, 4) is 0 Å². The number of hydrogen-bond acceptors (Lipinski definition) is 2. The van der Waals surface area contributed by atoms with Crippen molar-refractivity contribution in [3.05, 3.63) is 66.2 Å². The Morgan fingerprint density at radius 3 is 2.50 bits per heavy atom. The van der Waals surface area contributed by atoms with Crippen LogP contribution in [-0.4, -0.2) is 36.7 Å². The molecule has 0 radical (unpaired) electrons. The van der Waals surface area contributed by atoms with E-state index in [-0.39, 0.29) is 12.1 Å². The third-order valence-electron chi connectivity index (χ3n) is 3.76. The van der Waals surface area contributed by atoms with Crippen LogP contribution in [0.15, 0.2) is 60.7 Å². The number of hydrogen-bond donors (Lipinski definition) is 1. The highest BCUT2D eigenvalue weighted by molar-refractivity contribution is 5.89. The van der Waals surface area contributed by atoms with Crippen LogP contribution in [0.4, 0.5) is 10.5 Å². The Morgan fingerprint density at radius 2 is 1.77 bits per heavy atom. The van der Waals surface area contributed by atoms with Gasteiger partial charge in [-0.3, -0.25) is 0 Å². The van der Waals surface area contributed by atoms with E-state index < -0.39 is 0 Å². The lowest BCUT2D eigenvalue weighted by molar-refractivity contribution is -0.0113. The monoisotopic (exact) mass is 296 g/mol. The van der Waals surface area contributed by atoms with Crippen LogP contribution in [0.3, 0.4) is 0 Å². The standard InChI is InChI=1S/C18H20N2O2/c21-18(19-16-9-5-2-6-10-16)20-11-12-22-17(14-20)13-15-7-3-1-4-8-15/h1-10,17H,11-14H2,(H,19,21)/t17-/m1/s1. The number of rotatable bonds is 3. The molecule has 1 aliphatic heterocycles. The summed E-state index contributed by atoms with van der Waals surface area (Å²) in [7, 11) is 0. The molecule has 2 aromatic rings. The van der Waals surface area contributed by atoms with Crippen LogP contribution in [0.5, 0.6) is 0 Å². The van der Waals surface area contributed by atoms with Crippen molar-refractivity contribution < 1.29 is 9.53 Å². The summed E-state index contributed by atoms with van der Waals surface area (Å²) < 4.78 is 5.79. The molecule has 1 fully saturated rings. The van der Waals surface area contributed by atoms with Crippen LogP contribution in [0.1, 0.15) is 5.56 Å². The van der Waals surface area contributed by atoms with Gasteiger partial charge in [-0.2, -0.15) is 0 Å². The number of nitrogens with one attached hydrogen (secondary N) is 1. The number of anilines is 1. The zero-order valence-corrected chi connectivity index (χ0v) is 12.4. The Balaban J connectivity index is 1.57. The molecule has 1 aliphatic rings. The molecule has 0 aromatic heterocycles. The summed E-state index contributed by atoms with van der Waals surface area (Å²) in [6, 6.07) is 19.7. The zero-order valence-electron chi connectivity index (χ0n) is 12.4. The van der Waals surface area contributed by atoms with Crippen LogP contribution < -0.4 is 5.32 Å². The quantitative estimate of drug-likeness (QED) is 0.945. The SMILES string of the molecule is O=C(Nc1ccccc1)N1CCO[C@H](Cc2ccccc2)C1. The van der Waals surface area contributed by atoms with Gasteiger partial charge in [0.2, 0.25) is 0 Å². The molecular formula is C18H20N2O2. The van der Waals surface area contributed by atoms with E-state index in [1.165, 1.54) is 5.56 Å². The lowest BCUT2D eigenvalue weighted by Gasteiger charge is -2.33. The van der Waals surface area contributed by atoms with Crippen molar-refractivity contribution in [2.45, 2.75) is 12.5 Å². The summed E-state index contributed by atoms with van der Waals surface area (Å²) in [4.78, 5) is 14.1. The molecule has 3 rings (SSSR count). The summed E-state index contributed by atoms with van der Waals surface area (Å²) in [5.74, 6) is 0.